The zero-order valence-corrected chi connectivity index (χ0v) is 16.6. The molecule has 0 radical (unpaired) electrons. The van der Waals surface area contributed by atoms with E-state index in [1.165, 1.54) is 18.2 Å². The Morgan fingerprint density at radius 2 is 1.69 bits per heavy atom. The van der Waals surface area contributed by atoms with Crippen molar-refractivity contribution in [2.75, 3.05) is 18.2 Å². The lowest BCUT2D eigenvalue weighted by molar-refractivity contribution is -0.348. The number of methoxy groups -OCH3 is 1. The van der Waals surface area contributed by atoms with E-state index < -0.39 is 36.1 Å². The number of hydrogen-bond acceptors (Lipinski definition) is 4. The second-order valence-corrected chi connectivity index (χ2v) is 6.78. The minimum absolute atomic E-state index is 0.0121. The molecular formula is C20H16F7N3O2. The molecule has 2 aromatic carbocycles. The van der Waals surface area contributed by atoms with Crippen molar-refractivity contribution < 1.29 is 40.3 Å². The van der Waals surface area contributed by atoms with Crippen molar-refractivity contribution in [2.24, 2.45) is 0 Å². The Bertz CT molecular complexity index is 1060. The molecule has 0 aliphatic heterocycles. The number of carbonyl (C=O) groups excluding carboxylic acids is 1. The lowest BCUT2D eigenvalue weighted by Gasteiger charge is -2.31. The molecule has 3 N–H and O–H groups in total. The SMILES string of the molecule is COCc1cc(C(F)(C(F)(F)F)C(F)(F)F)cc(C)c1NC(=O)c1ccc(C#N)c(N)c1. The number of hydrogen-bond donors (Lipinski definition) is 2. The highest BCUT2D eigenvalue weighted by atomic mass is 19.4. The average Bonchev–Trinajstić information content (AvgIpc) is 2.67. The fourth-order valence-corrected chi connectivity index (χ4v) is 2.99. The summed E-state index contributed by atoms with van der Waals surface area (Å²) >= 11 is 0. The highest BCUT2D eigenvalue weighted by molar-refractivity contribution is 6.05. The minimum Gasteiger partial charge on any atom is -0.398 e. The highest BCUT2D eigenvalue weighted by Gasteiger charge is 2.73. The lowest BCUT2D eigenvalue weighted by Crippen LogP contribution is -2.50. The van der Waals surface area contributed by atoms with Gasteiger partial charge in [0.05, 0.1) is 17.9 Å². The predicted molar refractivity (Wildman–Crippen MR) is 100 cm³/mol. The monoisotopic (exact) mass is 463 g/mol. The molecule has 0 aliphatic rings. The number of aryl methyl sites for hydroxylation is 1. The number of ether oxygens (including phenoxy) is 1. The normalized spacial score (nSPS) is 12.4. The van der Waals surface area contributed by atoms with Crippen LogP contribution < -0.4 is 11.1 Å². The molecule has 172 valence electrons. The fourth-order valence-electron chi connectivity index (χ4n) is 2.99. The fraction of sp³-hybridized carbons (Fsp3) is 0.300. The van der Waals surface area contributed by atoms with Gasteiger partial charge in [-0.25, -0.2) is 4.39 Å². The van der Waals surface area contributed by atoms with Gasteiger partial charge in [-0.05, 0) is 36.8 Å². The van der Waals surface area contributed by atoms with E-state index in [9.17, 15) is 35.5 Å². The molecule has 0 saturated carbocycles. The minimum atomic E-state index is -6.28. The van der Waals surface area contributed by atoms with E-state index in [-0.39, 0.29) is 33.6 Å². The number of nitrogen functional groups attached to an aromatic ring is 1. The van der Waals surface area contributed by atoms with Crippen LogP contribution in [0, 0.1) is 18.3 Å². The largest absolute Gasteiger partial charge is 0.435 e. The lowest BCUT2D eigenvalue weighted by atomic mass is 9.90. The number of nitriles is 1. The van der Waals surface area contributed by atoms with Crippen molar-refractivity contribution in [3.63, 3.8) is 0 Å². The summed E-state index contributed by atoms with van der Waals surface area (Å²) in [7, 11) is 1.12. The van der Waals surface area contributed by atoms with Gasteiger partial charge in [0.15, 0.2) is 0 Å². The van der Waals surface area contributed by atoms with Gasteiger partial charge in [-0.1, -0.05) is 6.07 Å². The molecule has 0 atom stereocenters. The molecule has 0 bridgehead atoms. The summed E-state index contributed by atoms with van der Waals surface area (Å²) in [6.45, 7) is 0.587. The zero-order chi connectivity index (χ0) is 24.5. The van der Waals surface area contributed by atoms with E-state index in [1.807, 2.05) is 0 Å². The van der Waals surface area contributed by atoms with Crippen LogP contribution in [0.25, 0.3) is 0 Å². The van der Waals surface area contributed by atoms with Crippen LogP contribution in [-0.4, -0.2) is 25.4 Å². The molecule has 0 heterocycles. The van der Waals surface area contributed by atoms with Crippen LogP contribution >= 0.6 is 0 Å². The average molecular weight is 463 g/mol. The van der Waals surface area contributed by atoms with Crippen molar-refractivity contribution >= 4 is 17.3 Å². The second-order valence-electron chi connectivity index (χ2n) is 6.78. The van der Waals surface area contributed by atoms with Crippen molar-refractivity contribution in [1.29, 1.82) is 5.26 Å². The number of anilines is 2. The van der Waals surface area contributed by atoms with Gasteiger partial charge in [0, 0.05) is 29.5 Å². The molecule has 2 rings (SSSR count). The molecule has 5 nitrogen and oxygen atoms in total. The number of carbonyl (C=O) groups is 1. The third kappa shape index (κ3) is 4.47. The number of nitrogens with two attached hydrogens (primary N) is 1. The Hall–Kier alpha value is -3.33. The van der Waals surface area contributed by atoms with Crippen molar-refractivity contribution in [1.82, 2.24) is 0 Å². The molecule has 2 aromatic rings. The summed E-state index contributed by atoms with van der Waals surface area (Å²) < 4.78 is 98.1. The highest BCUT2D eigenvalue weighted by Crippen LogP contribution is 2.53. The zero-order valence-electron chi connectivity index (χ0n) is 16.6. The van der Waals surface area contributed by atoms with E-state index in [0.29, 0.717) is 12.1 Å². The number of halogens is 7. The van der Waals surface area contributed by atoms with Gasteiger partial charge in [0.1, 0.15) is 6.07 Å². The van der Waals surface area contributed by atoms with Crippen LogP contribution in [0.15, 0.2) is 30.3 Å². The first-order chi connectivity index (χ1) is 14.7. The van der Waals surface area contributed by atoms with Gasteiger partial charge in [0.2, 0.25) is 0 Å². The van der Waals surface area contributed by atoms with Gasteiger partial charge in [-0.2, -0.15) is 31.6 Å². The van der Waals surface area contributed by atoms with Crippen LogP contribution in [0.4, 0.5) is 42.1 Å². The Kier molecular flexibility index (Phi) is 6.75. The molecule has 0 spiro atoms. The molecule has 32 heavy (non-hydrogen) atoms. The van der Waals surface area contributed by atoms with Gasteiger partial charge in [0.25, 0.3) is 5.91 Å². The number of rotatable bonds is 5. The van der Waals surface area contributed by atoms with Crippen LogP contribution in [0.1, 0.15) is 32.6 Å². The Morgan fingerprint density at radius 1 is 1.09 bits per heavy atom. The molecule has 0 aliphatic carbocycles. The standard InChI is InChI=1S/C20H16F7N3O2/c1-10-5-14(18(21,19(22,23)24)20(25,26)27)6-13(9-32-2)16(10)30-17(31)11-3-4-12(8-28)15(29)7-11/h3-7H,9,29H2,1-2H3,(H,30,31). The molecule has 0 fully saturated rings. The third-order valence-electron chi connectivity index (χ3n) is 4.57. The van der Waals surface area contributed by atoms with Gasteiger partial charge < -0.3 is 15.8 Å². The van der Waals surface area contributed by atoms with Crippen molar-refractivity contribution in [3.05, 3.63) is 58.1 Å². The first-order valence-corrected chi connectivity index (χ1v) is 8.73. The number of alkyl halides is 7. The summed E-state index contributed by atoms with van der Waals surface area (Å²) in [4.78, 5) is 12.6. The first-order valence-electron chi connectivity index (χ1n) is 8.73. The van der Waals surface area contributed by atoms with Crippen LogP contribution in [0.3, 0.4) is 0 Å². The van der Waals surface area contributed by atoms with Crippen LogP contribution in [-0.2, 0) is 17.0 Å². The molecule has 0 saturated heterocycles. The van der Waals surface area contributed by atoms with E-state index in [0.717, 1.165) is 14.0 Å². The molecule has 12 heteroatoms. The third-order valence-corrected chi connectivity index (χ3v) is 4.57. The van der Waals surface area contributed by atoms with Crippen LogP contribution in [0.5, 0.6) is 0 Å². The molecular weight excluding hydrogens is 447 g/mol. The Morgan fingerprint density at radius 3 is 2.16 bits per heavy atom. The molecule has 0 aromatic heterocycles. The maximum atomic E-state index is 14.5. The van der Waals surface area contributed by atoms with Gasteiger partial charge in [-0.3, -0.25) is 4.79 Å². The van der Waals surface area contributed by atoms with E-state index in [4.69, 9.17) is 15.7 Å². The topological polar surface area (TPSA) is 88.1 Å². The van der Waals surface area contributed by atoms with Crippen LogP contribution in [0.2, 0.25) is 0 Å². The first kappa shape index (κ1) is 24.9. The quantitative estimate of drug-likeness (QED) is 0.475. The summed E-state index contributed by atoms with van der Waals surface area (Å²) in [6, 6.07) is 6.20. The Balaban J connectivity index is 2.58. The predicted octanol–water partition coefficient (Wildman–Crippen LogP) is 5.14. The van der Waals surface area contributed by atoms with E-state index in [2.05, 4.69) is 5.32 Å². The number of amides is 1. The Labute approximate surface area is 177 Å². The van der Waals surface area contributed by atoms with Gasteiger partial charge >= 0.3 is 18.0 Å². The summed E-state index contributed by atoms with van der Waals surface area (Å²) in [5.74, 6) is -0.812. The maximum Gasteiger partial charge on any atom is 0.435 e. The van der Waals surface area contributed by atoms with Gasteiger partial charge in [-0.15, -0.1) is 0 Å². The van der Waals surface area contributed by atoms with E-state index in [1.54, 1.807) is 6.07 Å². The number of nitrogens with zero attached hydrogens (tertiary/aromatic N) is 1. The summed E-state index contributed by atoms with van der Waals surface area (Å²) in [6.07, 6.45) is -12.6. The molecule has 0 unspecified atom stereocenters. The maximum absolute atomic E-state index is 14.5. The van der Waals surface area contributed by atoms with Crippen molar-refractivity contribution in [3.8, 4) is 6.07 Å². The van der Waals surface area contributed by atoms with E-state index >= 15 is 0 Å². The summed E-state index contributed by atoms with van der Waals surface area (Å²) in [5.41, 5.74) is -2.35. The number of benzene rings is 2. The van der Waals surface area contributed by atoms with Crippen molar-refractivity contribution in [2.45, 2.75) is 31.6 Å². The molecule has 1 amide bonds. The number of nitrogens with one attached hydrogen (secondary N) is 1. The smallest absolute Gasteiger partial charge is 0.398 e. The second kappa shape index (κ2) is 8.66. The summed E-state index contributed by atoms with van der Waals surface area (Å²) in [5, 5.41) is 11.2.